The van der Waals surface area contributed by atoms with E-state index in [0.717, 1.165) is 0 Å². The summed E-state index contributed by atoms with van der Waals surface area (Å²) in [5.74, 6) is 0. The fraction of sp³-hybridized carbons (Fsp3) is 0.0769. The highest BCUT2D eigenvalue weighted by Gasteiger charge is 2.21. The smallest absolute Gasteiger partial charge is 0.207 e. The van der Waals surface area contributed by atoms with E-state index < -0.39 is 20.9 Å². The normalized spacial score (nSPS) is 13.2. The highest BCUT2D eigenvalue weighted by atomic mass is 35.5. The molecule has 0 bridgehead atoms. The first-order valence-corrected chi connectivity index (χ1v) is 8.46. The summed E-state index contributed by atoms with van der Waals surface area (Å²) in [4.78, 5) is -0.474. The van der Waals surface area contributed by atoms with Crippen LogP contribution < -0.4 is 0 Å². The molecule has 0 amide bonds. The van der Waals surface area contributed by atoms with Crippen LogP contribution in [-0.2, 0) is 20.9 Å². The second kappa shape index (κ2) is 5.65. The predicted molar refractivity (Wildman–Crippen MR) is 75.3 cm³/mol. The molecule has 4 nitrogen and oxygen atoms in total. The molecule has 2 aromatic rings. The van der Waals surface area contributed by atoms with E-state index in [0.29, 0.717) is 10.6 Å². The molecule has 106 valence electrons. The van der Waals surface area contributed by atoms with Gasteiger partial charge in [0.25, 0.3) is 0 Å². The number of hydrogen-bond acceptors (Lipinski definition) is 4. The van der Waals surface area contributed by atoms with Crippen LogP contribution in [0.4, 0.5) is 0 Å². The van der Waals surface area contributed by atoms with E-state index in [-0.39, 0.29) is 14.7 Å². The molecule has 0 saturated heterocycles. The Hall–Kier alpha value is -1.21. The number of hydrogen-bond donors (Lipinski definition) is 0. The van der Waals surface area contributed by atoms with Crippen molar-refractivity contribution < 1.29 is 17.2 Å². The fourth-order valence-corrected chi connectivity index (χ4v) is 4.19. The van der Waals surface area contributed by atoms with Crippen LogP contribution in [0.15, 0.2) is 57.2 Å². The molecule has 0 heterocycles. The van der Waals surface area contributed by atoms with Crippen molar-refractivity contribution in [2.75, 3.05) is 0 Å². The van der Waals surface area contributed by atoms with Gasteiger partial charge >= 0.3 is 0 Å². The maximum atomic E-state index is 12.5. The Morgan fingerprint density at radius 3 is 2.25 bits per heavy atom. The van der Waals surface area contributed by atoms with Crippen molar-refractivity contribution in [2.45, 2.75) is 21.6 Å². The van der Waals surface area contributed by atoms with E-state index in [1.807, 2.05) is 0 Å². The Balaban J connectivity index is 2.68. The van der Waals surface area contributed by atoms with Gasteiger partial charge < -0.3 is 4.55 Å². The monoisotopic (exact) mass is 329 g/mol. The zero-order valence-corrected chi connectivity index (χ0v) is 12.8. The van der Waals surface area contributed by atoms with Crippen LogP contribution in [0.1, 0.15) is 5.56 Å². The van der Waals surface area contributed by atoms with Crippen molar-refractivity contribution in [3.63, 3.8) is 0 Å². The maximum absolute atomic E-state index is 12.5. The lowest BCUT2D eigenvalue weighted by atomic mass is 10.2. The van der Waals surface area contributed by atoms with Crippen molar-refractivity contribution in [3.05, 3.63) is 53.1 Å². The van der Waals surface area contributed by atoms with Gasteiger partial charge in [0.15, 0.2) is 0 Å². The summed E-state index contributed by atoms with van der Waals surface area (Å²) < 4.78 is 47.4. The van der Waals surface area contributed by atoms with Gasteiger partial charge in [-0.25, -0.2) is 8.42 Å². The molecule has 0 saturated carbocycles. The second-order valence-corrected chi connectivity index (χ2v) is 7.41. The van der Waals surface area contributed by atoms with Crippen LogP contribution in [0.25, 0.3) is 0 Å². The summed E-state index contributed by atoms with van der Waals surface area (Å²) in [5.41, 5.74) is 0.659. The summed E-state index contributed by atoms with van der Waals surface area (Å²) in [6.07, 6.45) is 0. The van der Waals surface area contributed by atoms with Crippen molar-refractivity contribution in [1.82, 2.24) is 0 Å². The van der Waals surface area contributed by atoms with Gasteiger partial charge in [-0.2, -0.15) is 0 Å². The molecule has 2 rings (SSSR count). The van der Waals surface area contributed by atoms with Crippen LogP contribution in [0.2, 0.25) is 5.02 Å². The Kier molecular flexibility index (Phi) is 4.29. The van der Waals surface area contributed by atoms with Crippen molar-refractivity contribution in [1.29, 1.82) is 0 Å². The first kappa shape index (κ1) is 15.2. The quantitative estimate of drug-likeness (QED) is 0.811. The van der Waals surface area contributed by atoms with Crippen LogP contribution in [0.3, 0.4) is 0 Å². The predicted octanol–water partition coefficient (Wildman–Crippen LogP) is 2.72. The minimum absolute atomic E-state index is 0.000741. The lowest BCUT2D eigenvalue weighted by molar-refractivity contribution is 0.533. The third-order valence-electron chi connectivity index (χ3n) is 2.69. The SMILES string of the molecule is Cc1ccc(S(=O)[O-])c(S(=O)(=O)c2ccc(Cl)cc2)c1. The second-order valence-electron chi connectivity index (χ2n) is 4.14. The number of rotatable bonds is 3. The highest BCUT2D eigenvalue weighted by Crippen LogP contribution is 2.27. The molecular weight excluding hydrogens is 320 g/mol. The molecule has 0 aliphatic carbocycles. The molecule has 20 heavy (non-hydrogen) atoms. The highest BCUT2D eigenvalue weighted by molar-refractivity contribution is 7.92. The lowest BCUT2D eigenvalue weighted by Crippen LogP contribution is -2.07. The summed E-state index contributed by atoms with van der Waals surface area (Å²) in [6.45, 7) is 1.69. The van der Waals surface area contributed by atoms with Crippen molar-refractivity contribution in [3.8, 4) is 0 Å². The minimum Gasteiger partial charge on any atom is -0.768 e. The molecule has 7 heteroatoms. The van der Waals surface area contributed by atoms with Crippen LogP contribution in [0, 0.1) is 6.92 Å². The first-order valence-electron chi connectivity index (χ1n) is 5.53. The largest absolute Gasteiger partial charge is 0.768 e. The standard InChI is InChI=1S/C13H11ClO4S2/c1-9-2-7-12(19(15)16)13(8-9)20(17,18)11-5-3-10(14)4-6-11/h2-8H,1H3,(H,15,16)/p-1. The van der Waals surface area contributed by atoms with Gasteiger partial charge in [0.05, 0.1) is 9.79 Å². The van der Waals surface area contributed by atoms with Gasteiger partial charge in [-0.1, -0.05) is 17.7 Å². The fourth-order valence-electron chi connectivity index (χ4n) is 1.70. The Morgan fingerprint density at radius 1 is 1.10 bits per heavy atom. The third kappa shape index (κ3) is 2.93. The zero-order chi connectivity index (χ0) is 14.9. The molecule has 0 aliphatic rings. The molecule has 0 N–H and O–H groups in total. The van der Waals surface area contributed by atoms with Crippen LogP contribution >= 0.6 is 11.6 Å². The average Bonchev–Trinajstić information content (AvgIpc) is 2.38. The lowest BCUT2D eigenvalue weighted by Gasteiger charge is -2.13. The molecular formula is C13H10ClO4S2-. The molecule has 2 aromatic carbocycles. The number of sulfone groups is 1. The van der Waals surface area contributed by atoms with Gasteiger partial charge in [0.2, 0.25) is 9.84 Å². The van der Waals surface area contributed by atoms with Gasteiger partial charge in [-0.3, -0.25) is 4.21 Å². The number of benzene rings is 2. The van der Waals surface area contributed by atoms with Crippen molar-refractivity contribution >= 4 is 32.5 Å². The molecule has 0 aliphatic heterocycles. The molecule has 1 atom stereocenters. The summed E-state index contributed by atoms with van der Waals surface area (Å²) in [6, 6.07) is 9.74. The van der Waals surface area contributed by atoms with Crippen LogP contribution in [0.5, 0.6) is 0 Å². The molecule has 0 aromatic heterocycles. The van der Waals surface area contributed by atoms with E-state index >= 15 is 0 Å². The average molecular weight is 330 g/mol. The van der Waals surface area contributed by atoms with E-state index in [4.69, 9.17) is 11.6 Å². The van der Waals surface area contributed by atoms with Gasteiger partial charge in [-0.15, -0.1) is 0 Å². The first-order chi connectivity index (χ1) is 9.32. The topological polar surface area (TPSA) is 74.3 Å². The number of aryl methyl sites for hydroxylation is 1. The van der Waals surface area contributed by atoms with E-state index in [1.165, 1.54) is 36.4 Å². The zero-order valence-electron chi connectivity index (χ0n) is 10.4. The van der Waals surface area contributed by atoms with Crippen LogP contribution in [-0.4, -0.2) is 17.2 Å². The van der Waals surface area contributed by atoms with Gasteiger partial charge in [0, 0.05) is 9.92 Å². The van der Waals surface area contributed by atoms with E-state index in [1.54, 1.807) is 13.0 Å². The van der Waals surface area contributed by atoms with E-state index in [9.17, 15) is 17.2 Å². The van der Waals surface area contributed by atoms with E-state index in [2.05, 4.69) is 0 Å². The third-order valence-corrected chi connectivity index (χ3v) is 5.60. The maximum Gasteiger partial charge on any atom is 0.207 e. The number of halogens is 1. The molecule has 0 fully saturated rings. The minimum atomic E-state index is -3.91. The molecule has 1 unspecified atom stereocenters. The Bertz CT molecular complexity index is 767. The van der Waals surface area contributed by atoms with Gasteiger partial charge in [-0.05, 0) is 60.0 Å². The molecule has 0 radical (unpaired) electrons. The van der Waals surface area contributed by atoms with Gasteiger partial charge in [0.1, 0.15) is 0 Å². The summed E-state index contributed by atoms with van der Waals surface area (Å²) in [7, 11) is -3.91. The molecule has 0 spiro atoms. The summed E-state index contributed by atoms with van der Waals surface area (Å²) >= 11 is 3.09. The summed E-state index contributed by atoms with van der Waals surface area (Å²) in [5, 5.41) is 0.404. The van der Waals surface area contributed by atoms with Crippen molar-refractivity contribution in [2.24, 2.45) is 0 Å². The Labute approximate surface area is 124 Å². The Morgan fingerprint density at radius 2 is 1.70 bits per heavy atom.